The molecule has 0 radical (unpaired) electrons. The van der Waals surface area contributed by atoms with Crippen LogP contribution in [-0.2, 0) is 20.9 Å². The molecule has 0 bridgehead atoms. The summed E-state index contributed by atoms with van der Waals surface area (Å²) in [5.41, 5.74) is -1.40. The van der Waals surface area contributed by atoms with Gasteiger partial charge in [-0.2, -0.15) is 18.2 Å². The van der Waals surface area contributed by atoms with E-state index >= 15 is 0 Å². The molecule has 0 aromatic heterocycles. The molecule has 0 spiro atoms. The average Bonchev–Trinajstić information content (AvgIpc) is 2.66. The van der Waals surface area contributed by atoms with Gasteiger partial charge in [0.05, 0.1) is 10.5 Å². The first-order chi connectivity index (χ1) is 15.0. The number of hydrogen-bond acceptors (Lipinski definition) is 6. The molecule has 1 unspecified atom stereocenters. The van der Waals surface area contributed by atoms with Crippen molar-refractivity contribution in [1.29, 1.82) is 5.26 Å². The second-order valence-electron chi connectivity index (χ2n) is 7.03. The zero-order valence-electron chi connectivity index (χ0n) is 17.3. The Kier molecular flexibility index (Phi) is 9.09. The normalized spacial score (nSPS) is 14.0. The third-order valence-corrected chi connectivity index (χ3v) is 5.78. The van der Waals surface area contributed by atoms with Crippen LogP contribution in [0.5, 0.6) is 5.75 Å². The fourth-order valence-corrected chi connectivity index (χ4v) is 4.53. The van der Waals surface area contributed by atoms with Gasteiger partial charge in [-0.1, -0.05) is 33.6 Å². The summed E-state index contributed by atoms with van der Waals surface area (Å²) < 4.78 is 37.1. The Morgan fingerprint density at radius 3 is 2.62 bits per heavy atom. The highest BCUT2D eigenvalue weighted by molar-refractivity contribution is 9.10. The number of nitrogens with zero attached hydrogens (tertiary/aromatic N) is 2. The molecule has 32 heavy (non-hydrogen) atoms. The molecule has 2 aromatic carbocycles. The molecule has 0 heterocycles. The van der Waals surface area contributed by atoms with E-state index in [0.717, 1.165) is 0 Å². The SMILES string of the molecule is C[S+](C)O[C@H](C#N)CC(C)(Nc1cc(Br)ccc1[N+](=O)[O-])c1c(Cl)cccc1OC(F)F. The monoisotopic (exact) mass is 550 g/mol. The van der Waals surface area contributed by atoms with Gasteiger partial charge < -0.3 is 10.1 Å². The Labute approximate surface area is 200 Å². The number of hydrogen-bond donors (Lipinski definition) is 1. The molecule has 2 atom stereocenters. The molecule has 0 saturated heterocycles. The number of nitro groups is 1. The number of anilines is 1. The molecule has 0 saturated carbocycles. The van der Waals surface area contributed by atoms with Crippen molar-refractivity contribution in [3.8, 4) is 11.8 Å². The number of nitrogens with one attached hydrogen (secondary N) is 1. The number of benzene rings is 2. The summed E-state index contributed by atoms with van der Waals surface area (Å²) in [5, 5.41) is 24.3. The smallest absolute Gasteiger partial charge is 0.387 e. The van der Waals surface area contributed by atoms with Crippen molar-refractivity contribution in [3.05, 3.63) is 61.6 Å². The van der Waals surface area contributed by atoms with E-state index in [-0.39, 0.29) is 34.1 Å². The summed E-state index contributed by atoms with van der Waals surface area (Å²) in [4.78, 5) is 11.0. The summed E-state index contributed by atoms with van der Waals surface area (Å²) in [6.07, 6.45) is 2.51. The van der Waals surface area contributed by atoms with Gasteiger partial charge >= 0.3 is 6.61 Å². The van der Waals surface area contributed by atoms with Gasteiger partial charge in [-0.15, -0.1) is 0 Å². The largest absolute Gasteiger partial charge is 0.434 e. The van der Waals surface area contributed by atoms with E-state index in [9.17, 15) is 24.2 Å². The summed E-state index contributed by atoms with van der Waals surface area (Å²) in [7, 11) is 0. The minimum atomic E-state index is -3.13. The second kappa shape index (κ2) is 11.1. The standard InChI is InChI=1S/C20H20BrClF2N3O4S/c1-20(10-13(11-25)31-32(2)3,18-14(22)5-4-6-17(18)30-19(23)24)26-15-9-12(21)7-8-16(15)27(28)29/h4-9,13,19,26H,10H2,1-3H3/q+1/t13-,20?/m0/s1. The van der Waals surface area contributed by atoms with Crippen molar-refractivity contribution in [2.45, 2.75) is 31.6 Å². The lowest BCUT2D eigenvalue weighted by molar-refractivity contribution is -0.384. The first kappa shape index (κ1) is 26.1. The highest BCUT2D eigenvalue weighted by Crippen LogP contribution is 2.43. The maximum absolute atomic E-state index is 13.1. The molecule has 0 amide bonds. The first-order valence-corrected chi connectivity index (χ1v) is 12.2. The van der Waals surface area contributed by atoms with Gasteiger partial charge in [0.25, 0.3) is 5.69 Å². The van der Waals surface area contributed by atoms with Gasteiger partial charge in [0.2, 0.25) is 6.10 Å². The molecule has 2 aromatic rings. The van der Waals surface area contributed by atoms with Crippen molar-refractivity contribution < 1.29 is 22.6 Å². The highest BCUT2D eigenvalue weighted by Gasteiger charge is 2.39. The predicted octanol–water partition coefficient (Wildman–Crippen LogP) is 6.03. The Morgan fingerprint density at radius 2 is 2.06 bits per heavy atom. The number of nitriles is 1. The maximum atomic E-state index is 13.1. The quantitative estimate of drug-likeness (QED) is 0.220. The van der Waals surface area contributed by atoms with Gasteiger partial charge in [-0.25, -0.2) is 0 Å². The summed E-state index contributed by atoms with van der Waals surface area (Å²) in [6.45, 7) is -1.54. The van der Waals surface area contributed by atoms with Crippen molar-refractivity contribution in [2.24, 2.45) is 0 Å². The minimum Gasteiger partial charge on any atom is -0.434 e. The molecule has 0 aliphatic rings. The molecule has 0 aliphatic carbocycles. The zero-order chi connectivity index (χ0) is 24.1. The Bertz CT molecular complexity index is 1020. The van der Waals surface area contributed by atoms with Crippen molar-refractivity contribution >= 4 is 50.1 Å². The molecule has 1 N–H and O–H groups in total. The maximum Gasteiger partial charge on any atom is 0.387 e. The molecular formula is C20H20BrClF2N3O4S+. The van der Waals surface area contributed by atoms with Crippen molar-refractivity contribution in [1.82, 2.24) is 0 Å². The van der Waals surface area contributed by atoms with Gasteiger partial charge in [0.15, 0.2) is 0 Å². The van der Waals surface area contributed by atoms with Crippen LogP contribution >= 0.6 is 27.5 Å². The molecule has 7 nitrogen and oxygen atoms in total. The van der Waals surface area contributed by atoms with Crippen molar-refractivity contribution in [3.63, 3.8) is 0 Å². The van der Waals surface area contributed by atoms with Crippen LogP contribution in [0.3, 0.4) is 0 Å². The molecule has 2 rings (SSSR count). The third kappa shape index (κ3) is 6.68. The molecule has 0 fully saturated rings. The number of alkyl halides is 2. The van der Waals surface area contributed by atoms with Crippen LogP contribution in [0.2, 0.25) is 5.02 Å². The number of rotatable bonds is 10. The summed E-state index contributed by atoms with van der Waals surface area (Å²) in [6, 6.07) is 10.6. The lowest BCUT2D eigenvalue weighted by atomic mass is 9.85. The summed E-state index contributed by atoms with van der Waals surface area (Å²) in [5.74, 6) is -0.219. The van der Waals surface area contributed by atoms with Gasteiger partial charge in [0, 0.05) is 27.5 Å². The molecule has 0 aliphatic heterocycles. The number of ether oxygens (including phenoxy) is 1. The van der Waals surface area contributed by atoms with E-state index in [2.05, 4.69) is 26.0 Å². The fourth-order valence-electron chi connectivity index (χ4n) is 3.22. The molecular weight excluding hydrogens is 532 g/mol. The first-order valence-electron chi connectivity index (χ1n) is 9.07. The van der Waals surface area contributed by atoms with E-state index < -0.39 is 34.4 Å². The fraction of sp³-hybridized carbons (Fsp3) is 0.350. The average molecular weight is 552 g/mol. The zero-order valence-corrected chi connectivity index (χ0v) is 20.4. The van der Waals surface area contributed by atoms with E-state index in [1.807, 2.05) is 6.07 Å². The van der Waals surface area contributed by atoms with Crippen LogP contribution in [0.1, 0.15) is 18.9 Å². The summed E-state index contributed by atoms with van der Waals surface area (Å²) >= 11 is 9.11. The Balaban J connectivity index is 2.69. The highest BCUT2D eigenvalue weighted by atomic mass is 79.9. The number of nitro benzene ring substituents is 1. The lowest BCUT2D eigenvalue weighted by Crippen LogP contribution is -2.38. The molecule has 12 heteroatoms. The van der Waals surface area contributed by atoms with Crippen LogP contribution < -0.4 is 10.1 Å². The Hall–Kier alpha value is -2.13. The second-order valence-corrected chi connectivity index (χ2v) is 10.0. The minimum absolute atomic E-state index is 0.0678. The topological polar surface area (TPSA) is 97.4 Å². The van der Waals surface area contributed by atoms with Crippen LogP contribution in [0.15, 0.2) is 40.9 Å². The third-order valence-electron chi connectivity index (χ3n) is 4.36. The number of halogens is 4. The Morgan fingerprint density at radius 1 is 1.38 bits per heavy atom. The van der Waals surface area contributed by atoms with Crippen LogP contribution in [0, 0.1) is 21.4 Å². The van der Waals surface area contributed by atoms with E-state index in [1.54, 1.807) is 19.4 Å². The van der Waals surface area contributed by atoms with Crippen LogP contribution in [0.4, 0.5) is 20.2 Å². The van der Waals surface area contributed by atoms with Crippen LogP contribution in [-0.4, -0.2) is 30.2 Å². The lowest BCUT2D eigenvalue weighted by Gasteiger charge is -2.35. The van der Waals surface area contributed by atoms with Crippen molar-refractivity contribution in [2.75, 3.05) is 17.8 Å². The van der Waals surface area contributed by atoms with Crippen LogP contribution in [0.25, 0.3) is 0 Å². The van der Waals surface area contributed by atoms with E-state index in [4.69, 9.17) is 15.8 Å². The van der Waals surface area contributed by atoms with Gasteiger partial charge in [-0.05, 0) is 31.2 Å². The predicted molar refractivity (Wildman–Crippen MR) is 124 cm³/mol. The van der Waals surface area contributed by atoms with E-state index in [0.29, 0.717) is 4.47 Å². The van der Waals surface area contributed by atoms with E-state index in [1.165, 1.54) is 36.4 Å². The molecule has 172 valence electrons. The van der Waals surface area contributed by atoms with Gasteiger partial charge in [0.1, 0.15) is 41.2 Å². The van der Waals surface area contributed by atoms with Gasteiger partial charge in [-0.3, -0.25) is 10.1 Å².